The van der Waals surface area contributed by atoms with Crippen LogP contribution in [0, 0.1) is 23.2 Å². The number of ether oxygens (including phenoxy) is 1. The van der Waals surface area contributed by atoms with Crippen LogP contribution in [0.25, 0.3) is 0 Å². The average molecular weight is 609 g/mol. The molecule has 5 nitrogen and oxygen atoms in total. The van der Waals surface area contributed by atoms with Gasteiger partial charge < -0.3 is 4.74 Å². The van der Waals surface area contributed by atoms with Crippen molar-refractivity contribution >= 4 is 28.1 Å². The molecule has 226 valence electrons. The summed E-state index contributed by atoms with van der Waals surface area (Å²) in [5, 5.41) is -5.46. The average Bonchev–Trinajstić information content (AvgIpc) is 2.84. The van der Waals surface area contributed by atoms with E-state index >= 15 is 0 Å². The third-order valence-electron chi connectivity index (χ3n) is 8.76. The topological polar surface area (TPSA) is 69.7 Å². The Bertz CT molecular complexity index is 1110. The third kappa shape index (κ3) is 6.83. The first-order valence-corrected chi connectivity index (χ1v) is 16.4. The normalized spacial score (nSPS) is 26.7. The third-order valence-corrected chi connectivity index (χ3v) is 11.2. The number of hydrogen-bond acceptors (Lipinski definition) is 6. The second-order valence-electron chi connectivity index (χ2n) is 13.1. The van der Waals surface area contributed by atoms with E-state index in [9.17, 15) is 30.8 Å². The zero-order valence-corrected chi connectivity index (χ0v) is 25.0. The SMILES string of the molecule is CC(C)(C)c1ccc(CCCCSOS(=O)(=O)C(F)(F)C(F)(F)CCOC(=O)C23CC4CC(CC(C4)C2)C3)cc1. The van der Waals surface area contributed by atoms with Crippen LogP contribution in [0.5, 0.6) is 0 Å². The molecule has 1 aromatic rings. The second kappa shape index (κ2) is 11.7. The standard InChI is InChI=1S/C29H40F4O5S2/c1-26(2,3)24-9-7-20(8-10-24)6-4-5-13-39-38-40(35,36)29(32,33)28(30,31)11-12-37-25(34)27-17-21-14-22(18-27)16-23(15-21)19-27/h7-10,21-23H,4-6,11-19H2,1-3H3. The highest BCUT2D eigenvalue weighted by atomic mass is 32.3. The van der Waals surface area contributed by atoms with E-state index in [-0.39, 0.29) is 23.2 Å². The highest BCUT2D eigenvalue weighted by Gasteiger charge is 2.66. The van der Waals surface area contributed by atoms with Crippen molar-refractivity contribution in [2.75, 3.05) is 12.4 Å². The minimum Gasteiger partial charge on any atom is -0.465 e. The number of alkyl halides is 4. The van der Waals surface area contributed by atoms with Crippen molar-refractivity contribution < 1.29 is 39.1 Å². The van der Waals surface area contributed by atoms with Gasteiger partial charge in [-0.3, -0.25) is 4.79 Å². The van der Waals surface area contributed by atoms with E-state index in [1.54, 1.807) is 0 Å². The van der Waals surface area contributed by atoms with E-state index < -0.39 is 45.7 Å². The maximum absolute atomic E-state index is 14.4. The molecule has 0 aliphatic heterocycles. The van der Waals surface area contributed by atoms with E-state index in [1.165, 1.54) is 5.56 Å². The first-order chi connectivity index (χ1) is 18.5. The summed E-state index contributed by atoms with van der Waals surface area (Å²) < 4.78 is 91.0. The molecule has 5 rings (SSSR count). The smallest absolute Gasteiger partial charge is 0.432 e. The van der Waals surface area contributed by atoms with Crippen LogP contribution in [0.4, 0.5) is 17.6 Å². The summed E-state index contributed by atoms with van der Waals surface area (Å²) in [6.45, 7) is 5.36. The number of carbonyl (C=O) groups excluding carboxylic acids is 1. The fourth-order valence-electron chi connectivity index (χ4n) is 6.92. The Morgan fingerprint density at radius 1 is 0.950 bits per heavy atom. The Morgan fingerprint density at radius 3 is 2.02 bits per heavy atom. The fraction of sp³-hybridized carbons (Fsp3) is 0.759. The summed E-state index contributed by atoms with van der Waals surface area (Å²) in [4.78, 5) is 12.8. The molecule has 0 amide bonds. The van der Waals surface area contributed by atoms with Gasteiger partial charge in [0.15, 0.2) is 0 Å². The van der Waals surface area contributed by atoms with Gasteiger partial charge in [-0.05, 0) is 92.1 Å². The lowest BCUT2D eigenvalue weighted by molar-refractivity contribution is -0.185. The Labute approximate surface area is 239 Å². The number of rotatable bonds is 13. The van der Waals surface area contributed by atoms with Crippen LogP contribution in [0.15, 0.2) is 24.3 Å². The van der Waals surface area contributed by atoms with Crippen molar-refractivity contribution in [2.45, 2.75) is 102 Å². The molecule has 1 aromatic carbocycles. The summed E-state index contributed by atoms with van der Waals surface area (Å²) in [7, 11) is -5.92. The number of carbonyl (C=O) groups is 1. The van der Waals surface area contributed by atoms with Gasteiger partial charge in [-0.25, -0.2) is 0 Å². The number of unbranched alkanes of at least 4 members (excludes halogenated alkanes) is 1. The number of hydrogen-bond donors (Lipinski definition) is 0. The van der Waals surface area contributed by atoms with Gasteiger partial charge in [-0.15, -0.1) is 0 Å². The molecule has 4 saturated carbocycles. The minimum atomic E-state index is -5.92. The summed E-state index contributed by atoms with van der Waals surface area (Å²) in [5.41, 5.74) is 1.61. The van der Waals surface area contributed by atoms with Crippen LogP contribution in [0.3, 0.4) is 0 Å². The van der Waals surface area contributed by atoms with Crippen molar-refractivity contribution in [3.8, 4) is 0 Å². The summed E-state index contributed by atoms with van der Waals surface area (Å²) in [6.07, 6.45) is 5.33. The molecule has 0 N–H and O–H groups in total. The Morgan fingerprint density at radius 2 is 1.50 bits per heavy atom. The molecule has 4 bridgehead atoms. The molecule has 4 fully saturated rings. The molecule has 0 unspecified atom stereocenters. The number of benzene rings is 1. The van der Waals surface area contributed by atoms with E-state index in [2.05, 4.69) is 24.4 Å². The molecule has 0 aromatic heterocycles. The predicted molar refractivity (Wildman–Crippen MR) is 147 cm³/mol. The van der Waals surface area contributed by atoms with Crippen LogP contribution in [0.1, 0.15) is 89.7 Å². The summed E-state index contributed by atoms with van der Waals surface area (Å²) in [6, 6.07) is 8.12. The first kappa shape index (κ1) is 31.6. The van der Waals surface area contributed by atoms with Crippen molar-refractivity contribution in [3.05, 3.63) is 35.4 Å². The fourth-order valence-corrected chi connectivity index (χ4v) is 8.83. The van der Waals surface area contributed by atoms with Gasteiger partial charge in [0.2, 0.25) is 0 Å². The van der Waals surface area contributed by atoms with Crippen LogP contribution >= 0.6 is 12.0 Å². The van der Waals surface area contributed by atoms with Gasteiger partial charge in [0, 0.05) is 17.8 Å². The van der Waals surface area contributed by atoms with E-state index in [0.717, 1.165) is 24.8 Å². The maximum atomic E-state index is 14.4. The Hall–Kier alpha value is -1.33. The summed E-state index contributed by atoms with van der Waals surface area (Å²) >= 11 is 0.218. The largest absolute Gasteiger partial charge is 0.465 e. The van der Waals surface area contributed by atoms with Crippen molar-refractivity contribution in [1.29, 1.82) is 0 Å². The van der Waals surface area contributed by atoms with Gasteiger partial charge in [-0.1, -0.05) is 45.0 Å². The van der Waals surface area contributed by atoms with E-state index in [0.29, 0.717) is 56.3 Å². The van der Waals surface area contributed by atoms with Crippen LogP contribution < -0.4 is 0 Å². The molecule has 4 aliphatic rings. The zero-order valence-electron chi connectivity index (χ0n) is 23.4. The zero-order chi connectivity index (χ0) is 29.4. The van der Waals surface area contributed by atoms with Gasteiger partial charge in [0.1, 0.15) is 0 Å². The van der Waals surface area contributed by atoms with Crippen LogP contribution in [-0.4, -0.2) is 37.9 Å². The van der Waals surface area contributed by atoms with Gasteiger partial charge >= 0.3 is 27.3 Å². The molecular weight excluding hydrogens is 568 g/mol. The highest BCUT2D eigenvalue weighted by molar-refractivity contribution is 8.04. The lowest BCUT2D eigenvalue weighted by Gasteiger charge is -2.55. The van der Waals surface area contributed by atoms with Crippen molar-refractivity contribution in [3.63, 3.8) is 0 Å². The molecule has 11 heteroatoms. The quantitative estimate of drug-likeness (QED) is 0.0991. The number of aryl methyl sites for hydroxylation is 1. The first-order valence-electron chi connectivity index (χ1n) is 14.1. The predicted octanol–water partition coefficient (Wildman–Crippen LogP) is 7.68. The summed E-state index contributed by atoms with van der Waals surface area (Å²) in [5.74, 6) is -4.28. The number of esters is 1. The van der Waals surface area contributed by atoms with Crippen molar-refractivity contribution in [1.82, 2.24) is 0 Å². The molecule has 0 spiro atoms. The second-order valence-corrected chi connectivity index (χ2v) is 15.7. The Balaban J connectivity index is 1.19. The van der Waals surface area contributed by atoms with Crippen LogP contribution in [0.2, 0.25) is 0 Å². The maximum Gasteiger partial charge on any atom is 0.432 e. The van der Waals surface area contributed by atoms with Gasteiger partial charge in [0.05, 0.1) is 18.4 Å². The molecule has 0 saturated heterocycles. The molecular formula is C29H40F4O5S2. The van der Waals surface area contributed by atoms with Crippen LogP contribution in [-0.2, 0) is 35.1 Å². The van der Waals surface area contributed by atoms with E-state index in [4.69, 9.17) is 4.74 Å². The molecule has 0 radical (unpaired) electrons. The lowest BCUT2D eigenvalue weighted by Crippen LogP contribution is -2.51. The molecule has 0 heterocycles. The Kier molecular flexibility index (Phi) is 9.28. The molecule has 40 heavy (non-hydrogen) atoms. The van der Waals surface area contributed by atoms with Crippen molar-refractivity contribution in [2.24, 2.45) is 23.2 Å². The van der Waals surface area contributed by atoms with E-state index in [1.807, 2.05) is 24.3 Å². The van der Waals surface area contributed by atoms with Gasteiger partial charge in [-0.2, -0.15) is 29.6 Å². The van der Waals surface area contributed by atoms with Gasteiger partial charge in [0.25, 0.3) is 0 Å². The highest BCUT2D eigenvalue weighted by Crippen LogP contribution is 2.60. The molecule has 4 aliphatic carbocycles. The lowest BCUT2D eigenvalue weighted by atomic mass is 9.49. The monoisotopic (exact) mass is 608 g/mol. The minimum absolute atomic E-state index is 0.0371. The molecule has 0 atom stereocenters. The number of halogens is 4.